The maximum Gasteiger partial charge on any atom is 0.165 e. The Balaban J connectivity index is 1.64. The first-order valence-electron chi connectivity index (χ1n) is 10.3. The maximum absolute atomic E-state index is 14.4. The van der Waals surface area contributed by atoms with Gasteiger partial charge in [-0.15, -0.1) is 0 Å². The Labute approximate surface area is 181 Å². The summed E-state index contributed by atoms with van der Waals surface area (Å²) in [6.45, 7) is 6.23. The summed E-state index contributed by atoms with van der Waals surface area (Å²) >= 11 is 0. The molecule has 0 atom stereocenters. The molecule has 0 fully saturated rings. The molecule has 2 heterocycles. The lowest BCUT2D eigenvalue weighted by Crippen LogP contribution is -2.12. The van der Waals surface area contributed by atoms with Gasteiger partial charge in [0.2, 0.25) is 0 Å². The van der Waals surface area contributed by atoms with Crippen molar-refractivity contribution in [2.75, 3.05) is 7.11 Å². The molecule has 0 saturated carbocycles. The van der Waals surface area contributed by atoms with Crippen LogP contribution in [0.1, 0.15) is 23.6 Å². The maximum atomic E-state index is 14.4. The number of aromatic nitrogens is 4. The number of nitrogens with zero attached hydrogens (tertiary/aromatic N) is 4. The van der Waals surface area contributed by atoms with E-state index in [0.29, 0.717) is 18.7 Å². The third-order valence-electron chi connectivity index (χ3n) is 5.23. The summed E-state index contributed by atoms with van der Waals surface area (Å²) in [6.07, 6.45) is 5.90. The Morgan fingerprint density at radius 1 is 1.10 bits per heavy atom. The number of hydrogen-bond donors (Lipinski definition) is 1. The number of rotatable bonds is 8. The number of hydrogen-bond acceptors (Lipinski definition) is 4. The van der Waals surface area contributed by atoms with E-state index < -0.39 is 5.82 Å². The molecule has 0 amide bonds. The van der Waals surface area contributed by atoms with Crippen LogP contribution < -0.4 is 10.1 Å². The van der Waals surface area contributed by atoms with E-state index in [1.54, 1.807) is 6.07 Å². The quantitative estimate of drug-likeness (QED) is 0.457. The van der Waals surface area contributed by atoms with Gasteiger partial charge >= 0.3 is 0 Å². The molecule has 0 aliphatic carbocycles. The number of nitrogens with one attached hydrogen (secondary N) is 1. The molecule has 2 aromatic carbocycles. The standard InChI is InChI=1S/C24H26FN5O/c1-4-29-15-18(13-27-29)12-26-14-20-16-30(22-8-6-5-7-17(22)2)28-24(20)19-9-10-23(31-3)21(25)11-19/h5-11,13,15-16,26H,4,12,14H2,1-3H3. The van der Waals surface area contributed by atoms with Crippen LogP contribution in [0.25, 0.3) is 16.9 Å². The Morgan fingerprint density at radius 2 is 1.94 bits per heavy atom. The minimum Gasteiger partial charge on any atom is -0.494 e. The Morgan fingerprint density at radius 3 is 2.65 bits per heavy atom. The van der Waals surface area contributed by atoms with Crippen LogP contribution >= 0.6 is 0 Å². The topological polar surface area (TPSA) is 56.9 Å². The molecule has 7 heteroatoms. The molecule has 0 aliphatic heterocycles. The number of ether oxygens (including phenoxy) is 1. The summed E-state index contributed by atoms with van der Waals surface area (Å²) in [5.74, 6) is -0.189. The third kappa shape index (κ3) is 4.51. The molecular formula is C24H26FN5O. The molecule has 4 aromatic rings. The zero-order valence-electron chi connectivity index (χ0n) is 18.0. The molecule has 0 saturated heterocycles. The molecule has 160 valence electrons. The van der Waals surface area contributed by atoms with Gasteiger partial charge in [0, 0.05) is 48.7 Å². The average Bonchev–Trinajstić information content (AvgIpc) is 3.41. The Bertz CT molecular complexity index is 1180. The van der Waals surface area contributed by atoms with Crippen molar-refractivity contribution in [3.8, 4) is 22.7 Å². The van der Waals surface area contributed by atoms with E-state index in [1.807, 2.05) is 65.2 Å². The fraction of sp³-hybridized carbons (Fsp3) is 0.250. The summed E-state index contributed by atoms with van der Waals surface area (Å²) in [6, 6.07) is 13.0. The van der Waals surface area contributed by atoms with E-state index in [9.17, 15) is 4.39 Å². The van der Waals surface area contributed by atoms with E-state index in [4.69, 9.17) is 9.84 Å². The highest BCUT2D eigenvalue weighted by Gasteiger charge is 2.15. The van der Waals surface area contributed by atoms with Crippen molar-refractivity contribution >= 4 is 0 Å². The van der Waals surface area contributed by atoms with Crippen LogP contribution in [0.3, 0.4) is 0 Å². The van der Waals surface area contributed by atoms with Crippen molar-refractivity contribution in [1.82, 2.24) is 24.9 Å². The zero-order chi connectivity index (χ0) is 21.8. The van der Waals surface area contributed by atoms with E-state index in [-0.39, 0.29) is 5.75 Å². The monoisotopic (exact) mass is 419 g/mol. The molecule has 4 rings (SSSR count). The summed E-state index contributed by atoms with van der Waals surface area (Å²) in [7, 11) is 1.46. The van der Waals surface area contributed by atoms with Crippen LogP contribution in [0.2, 0.25) is 0 Å². The fourth-order valence-electron chi connectivity index (χ4n) is 3.55. The fourth-order valence-corrected chi connectivity index (χ4v) is 3.55. The van der Waals surface area contributed by atoms with Crippen molar-refractivity contribution in [2.45, 2.75) is 33.5 Å². The second-order valence-corrected chi connectivity index (χ2v) is 7.39. The number of benzene rings is 2. The molecular weight excluding hydrogens is 393 g/mol. The van der Waals surface area contributed by atoms with Crippen molar-refractivity contribution < 1.29 is 9.13 Å². The van der Waals surface area contributed by atoms with E-state index in [0.717, 1.165) is 34.6 Å². The van der Waals surface area contributed by atoms with Crippen LogP contribution in [0.4, 0.5) is 4.39 Å². The highest BCUT2D eigenvalue weighted by Crippen LogP contribution is 2.28. The molecule has 0 unspecified atom stereocenters. The smallest absolute Gasteiger partial charge is 0.165 e. The Hall–Kier alpha value is -3.45. The lowest BCUT2D eigenvalue weighted by Gasteiger charge is -2.06. The van der Waals surface area contributed by atoms with Gasteiger partial charge in [-0.05, 0) is 43.7 Å². The number of halogens is 1. The number of para-hydroxylation sites is 1. The van der Waals surface area contributed by atoms with Crippen molar-refractivity contribution in [1.29, 1.82) is 0 Å². The van der Waals surface area contributed by atoms with E-state index >= 15 is 0 Å². The van der Waals surface area contributed by atoms with Crippen molar-refractivity contribution in [3.05, 3.63) is 83.6 Å². The first kappa shape index (κ1) is 20.8. The average molecular weight is 420 g/mol. The predicted molar refractivity (Wildman–Crippen MR) is 119 cm³/mol. The lowest BCUT2D eigenvalue weighted by molar-refractivity contribution is 0.386. The van der Waals surface area contributed by atoms with Crippen molar-refractivity contribution in [3.63, 3.8) is 0 Å². The molecule has 1 N–H and O–H groups in total. The summed E-state index contributed by atoms with van der Waals surface area (Å²) < 4.78 is 23.2. The van der Waals surface area contributed by atoms with Crippen LogP contribution in [-0.2, 0) is 19.6 Å². The van der Waals surface area contributed by atoms with Gasteiger partial charge in [-0.1, -0.05) is 18.2 Å². The first-order chi connectivity index (χ1) is 15.1. The first-order valence-corrected chi connectivity index (χ1v) is 10.3. The zero-order valence-corrected chi connectivity index (χ0v) is 18.0. The van der Waals surface area contributed by atoms with Gasteiger partial charge in [0.1, 0.15) is 0 Å². The summed E-state index contributed by atoms with van der Waals surface area (Å²) in [5.41, 5.74) is 5.65. The van der Waals surface area contributed by atoms with Crippen LogP contribution in [0, 0.1) is 12.7 Å². The third-order valence-corrected chi connectivity index (χ3v) is 5.23. The van der Waals surface area contributed by atoms with Crippen LogP contribution in [-0.4, -0.2) is 26.7 Å². The largest absolute Gasteiger partial charge is 0.494 e. The minimum atomic E-state index is -0.406. The van der Waals surface area contributed by atoms with E-state index in [1.165, 1.54) is 13.2 Å². The molecule has 0 radical (unpaired) electrons. The number of methoxy groups -OCH3 is 1. The second kappa shape index (κ2) is 9.14. The molecule has 0 spiro atoms. The predicted octanol–water partition coefficient (Wildman–Crippen LogP) is 4.50. The van der Waals surface area contributed by atoms with Gasteiger partial charge in [0.15, 0.2) is 11.6 Å². The molecule has 0 aliphatic rings. The van der Waals surface area contributed by atoms with Gasteiger partial charge in [-0.25, -0.2) is 9.07 Å². The molecule has 6 nitrogen and oxygen atoms in total. The van der Waals surface area contributed by atoms with Crippen LogP contribution in [0.15, 0.2) is 61.1 Å². The van der Waals surface area contributed by atoms with Gasteiger partial charge in [-0.2, -0.15) is 10.2 Å². The second-order valence-electron chi connectivity index (χ2n) is 7.39. The highest BCUT2D eigenvalue weighted by molar-refractivity contribution is 5.64. The summed E-state index contributed by atoms with van der Waals surface area (Å²) in [5, 5.41) is 12.6. The van der Waals surface area contributed by atoms with Gasteiger partial charge in [0.05, 0.1) is 24.7 Å². The Kier molecular flexibility index (Phi) is 6.13. The van der Waals surface area contributed by atoms with Gasteiger partial charge in [-0.3, -0.25) is 4.68 Å². The number of aryl methyl sites for hydroxylation is 2. The molecule has 31 heavy (non-hydrogen) atoms. The van der Waals surface area contributed by atoms with Crippen molar-refractivity contribution in [2.24, 2.45) is 0 Å². The molecule has 2 aromatic heterocycles. The highest BCUT2D eigenvalue weighted by atomic mass is 19.1. The molecule has 0 bridgehead atoms. The van der Waals surface area contributed by atoms with Gasteiger partial charge in [0.25, 0.3) is 0 Å². The normalized spacial score (nSPS) is 11.1. The summed E-state index contributed by atoms with van der Waals surface area (Å²) in [4.78, 5) is 0. The van der Waals surface area contributed by atoms with E-state index in [2.05, 4.69) is 17.3 Å². The lowest BCUT2D eigenvalue weighted by atomic mass is 10.1. The van der Waals surface area contributed by atoms with Crippen LogP contribution in [0.5, 0.6) is 5.75 Å². The van der Waals surface area contributed by atoms with Gasteiger partial charge < -0.3 is 10.1 Å². The SMILES string of the molecule is CCn1cc(CNCc2cn(-c3ccccc3C)nc2-c2ccc(OC)c(F)c2)cn1. The minimum absolute atomic E-state index is 0.217.